The molecule has 0 fully saturated rings. The Kier molecular flexibility index (Phi) is 4.39. The average Bonchev–Trinajstić information content (AvgIpc) is 2.37. The summed E-state index contributed by atoms with van der Waals surface area (Å²) in [4.78, 5) is 15.3. The van der Waals surface area contributed by atoms with Gasteiger partial charge in [0.2, 0.25) is 5.91 Å². The van der Waals surface area contributed by atoms with Gasteiger partial charge >= 0.3 is 0 Å². The van der Waals surface area contributed by atoms with Crippen LogP contribution in [0.3, 0.4) is 0 Å². The molecule has 19 heavy (non-hydrogen) atoms. The summed E-state index contributed by atoms with van der Waals surface area (Å²) in [5.41, 5.74) is 7.34. The number of primary amides is 1. The van der Waals surface area contributed by atoms with Crippen LogP contribution in [0.5, 0.6) is 0 Å². The second-order valence-corrected chi connectivity index (χ2v) is 5.25. The minimum Gasteiger partial charge on any atom is -0.381 e. The fourth-order valence-electron chi connectivity index (χ4n) is 1.58. The molecule has 3 N–H and O–H groups in total. The molecule has 0 aliphatic heterocycles. The van der Waals surface area contributed by atoms with Crippen LogP contribution in [0.4, 0.5) is 5.69 Å². The molecule has 4 nitrogen and oxygen atoms in total. The Morgan fingerprint density at radius 2 is 2.16 bits per heavy atom. The van der Waals surface area contributed by atoms with Gasteiger partial charge in [0.15, 0.2) is 0 Å². The van der Waals surface area contributed by atoms with Gasteiger partial charge in [-0.1, -0.05) is 11.6 Å². The fraction of sp³-hybridized carbons (Fsp3) is 0.0769. The molecule has 0 radical (unpaired) electrons. The highest BCUT2D eigenvalue weighted by molar-refractivity contribution is 9.10. The molecule has 0 unspecified atom stereocenters. The Labute approximate surface area is 124 Å². The predicted octanol–water partition coefficient (Wildman–Crippen LogP) is 3.21. The molecule has 0 aliphatic rings. The van der Waals surface area contributed by atoms with Crippen molar-refractivity contribution in [1.82, 2.24) is 4.98 Å². The van der Waals surface area contributed by atoms with Gasteiger partial charge in [-0.05, 0) is 45.8 Å². The number of nitrogens with one attached hydrogen (secondary N) is 1. The van der Waals surface area contributed by atoms with E-state index in [1.165, 1.54) is 0 Å². The predicted molar refractivity (Wildman–Crippen MR) is 79.2 cm³/mol. The Bertz CT molecular complexity index is 619. The van der Waals surface area contributed by atoms with E-state index in [2.05, 4.69) is 26.2 Å². The summed E-state index contributed by atoms with van der Waals surface area (Å²) in [5.74, 6) is -0.544. The molecule has 98 valence electrons. The normalized spacial score (nSPS) is 10.2. The monoisotopic (exact) mass is 339 g/mol. The van der Waals surface area contributed by atoms with Crippen LogP contribution < -0.4 is 11.1 Å². The lowest BCUT2D eigenvalue weighted by atomic mass is 10.2. The van der Waals surface area contributed by atoms with Crippen LogP contribution in [-0.4, -0.2) is 10.9 Å². The number of halogens is 2. The van der Waals surface area contributed by atoms with Gasteiger partial charge in [-0.25, -0.2) is 0 Å². The fourth-order valence-corrected chi connectivity index (χ4v) is 2.20. The van der Waals surface area contributed by atoms with Crippen molar-refractivity contribution >= 4 is 39.1 Å². The SMILES string of the molecule is NC(=O)c1cc(NCc2cncc(Br)c2)ccc1Cl. The van der Waals surface area contributed by atoms with Crippen LogP contribution in [0, 0.1) is 0 Å². The third-order valence-corrected chi connectivity index (χ3v) is 3.25. The Morgan fingerprint density at radius 1 is 1.37 bits per heavy atom. The maximum atomic E-state index is 11.2. The summed E-state index contributed by atoms with van der Waals surface area (Å²) < 4.78 is 0.917. The molecule has 2 rings (SSSR count). The van der Waals surface area contributed by atoms with Crippen LogP contribution in [0.15, 0.2) is 41.1 Å². The van der Waals surface area contributed by atoms with Gasteiger partial charge in [0, 0.05) is 29.1 Å². The van der Waals surface area contributed by atoms with E-state index in [1.807, 2.05) is 6.07 Å². The number of nitrogens with two attached hydrogens (primary N) is 1. The number of aromatic nitrogens is 1. The van der Waals surface area contributed by atoms with Crippen LogP contribution >= 0.6 is 27.5 Å². The van der Waals surface area contributed by atoms with Crippen molar-refractivity contribution in [3.8, 4) is 0 Å². The van der Waals surface area contributed by atoms with Crippen molar-refractivity contribution < 1.29 is 4.79 Å². The number of hydrogen-bond donors (Lipinski definition) is 2. The molecular weight excluding hydrogens is 330 g/mol. The largest absolute Gasteiger partial charge is 0.381 e. The molecular formula is C13H11BrClN3O. The number of carbonyl (C=O) groups is 1. The van der Waals surface area contributed by atoms with Crippen molar-refractivity contribution in [3.63, 3.8) is 0 Å². The number of pyridine rings is 1. The van der Waals surface area contributed by atoms with Crippen molar-refractivity contribution in [3.05, 3.63) is 57.3 Å². The lowest BCUT2D eigenvalue weighted by Gasteiger charge is -2.08. The number of hydrogen-bond acceptors (Lipinski definition) is 3. The summed E-state index contributed by atoms with van der Waals surface area (Å²) >= 11 is 9.24. The average molecular weight is 341 g/mol. The Balaban J connectivity index is 2.12. The molecule has 0 atom stereocenters. The standard InChI is InChI=1S/C13H11BrClN3O/c14-9-3-8(5-17-7-9)6-18-10-1-2-12(15)11(4-10)13(16)19/h1-5,7,18H,6H2,(H2,16,19). The number of nitrogens with zero attached hydrogens (tertiary/aromatic N) is 1. The first kappa shape index (κ1) is 13.8. The molecule has 1 heterocycles. The second-order valence-electron chi connectivity index (χ2n) is 3.92. The molecule has 1 amide bonds. The minimum atomic E-state index is -0.544. The van der Waals surface area contributed by atoms with E-state index in [1.54, 1.807) is 30.6 Å². The van der Waals surface area contributed by atoms with E-state index >= 15 is 0 Å². The topological polar surface area (TPSA) is 68.0 Å². The highest BCUT2D eigenvalue weighted by atomic mass is 79.9. The van der Waals surface area contributed by atoms with E-state index in [4.69, 9.17) is 17.3 Å². The van der Waals surface area contributed by atoms with E-state index in [-0.39, 0.29) is 0 Å². The van der Waals surface area contributed by atoms with Crippen molar-refractivity contribution in [2.45, 2.75) is 6.54 Å². The Morgan fingerprint density at radius 3 is 2.84 bits per heavy atom. The highest BCUT2D eigenvalue weighted by Gasteiger charge is 2.07. The number of rotatable bonds is 4. The molecule has 6 heteroatoms. The smallest absolute Gasteiger partial charge is 0.250 e. The van der Waals surface area contributed by atoms with Crippen molar-refractivity contribution in [2.75, 3.05) is 5.32 Å². The van der Waals surface area contributed by atoms with E-state index < -0.39 is 5.91 Å². The minimum absolute atomic E-state index is 0.305. The zero-order valence-electron chi connectivity index (χ0n) is 9.86. The van der Waals surface area contributed by atoms with Crippen LogP contribution in [0.1, 0.15) is 15.9 Å². The summed E-state index contributed by atoms with van der Waals surface area (Å²) in [5, 5.41) is 3.53. The van der Waals surface area contributed by atoms with Gasteiger partial charge < -0.3 is 11.1 Å². The molecule has 2 aromatic rings. The first-order chi connectivity index (χ1) is 9.06. The molecule has 0 bridgehead atoms. The van der Waals surface area contributed by atoms with Crippen LogP contribution in [0.25, 0.3) is 0 Å². The number of anilines is 1. The maximum Gasteiger partial charge on any atom is 0.250 e. The molecule has 0 saturated carbocycles. The summed E-state index contributed by atoms with van der Waals surface area (Å²) in [6, 6.07) is 7.03. The third kappa shape index (κ3) is 3.68. The lowest BCUT2D eigenvalue weighted by molar-refractivity contribution is 0.100. The van der Waals surface area contributed by atoms with E-state index in [9.17, 15) is 4.79 Å². The molecule has 0 aliphatic carbocycles. The zero-order chi connectivity index (χ0) is 13.8. The van der Waals surface area contributed by atoms with E-state index in [0.29, 0.717) is 17.1 Å². The van der Waals surface area contributed by atoms with Crippen LogP contribution in [-0.2, 0) is 6.54 Å². The van der Waals surface area contributed by atoms with E-state index in [0.717, 1.165) is 15.7 Å². The highest BCUT2D eigenvalue weighted by Crippen LogP contribution is 2.20. The first-order valence-electron chi connectivity index (χ1n) is 5.49. The van der Waals surface area contributed by atoms with Gasteiger partial charge in [-0.2, -0.15) is 0 Å². The second kappa shape index (κ2) is 6.04. The zero-order valence-corrected chi connectivity index (χ0v) is 12.2. The van der Waals surface area contributed by atoms with Crippen molar-refractivity contribution in [1.29, 1.82) is 0 Å². The quantitative estimate of drug-likeness (QED) is 0.898. The molecule has 1 aromatic carbocycles. The van der Waals surface area contributed by atoms with Gasteiger partial charge in [0.1, 0.15) is 0 Å². The van der Waals surface area contributed by atoms with Gasteiger partial charge in [0.05, 0.1) is 10.6 Å². The number of amides is 1. The molecule has 0 spiro atoms. The first-order valence-corrected chi connectivity index (χ1v) is 6.66. The molecule has 0 saturated heterocycles. The van der Waals surface area contributed by atoms with Crippen molar-refractivity contribution in [2.24, 2.45) is 5.73 Å². The summed E-state index contributed by atoms with van der Waals surface area (Å²) in [6.45, 7) is 0.590. The van der Waals surface area contributed by atoms with Gasteiger partial charge in [-0.15, -0.1) is 0 Å². The van der Waals surface area contributed by atoms with Gasteiger partial charge in [0.25, 0.3) is 0 Å². The van der Waals surface area contributed by atoms with Crippen LogP contribution in [0.2, 0.25) is 5.02 Å². The number of carbonyl (C=O) groups excluding carboxylic acids is 1. The lowest BCUT2D eigenvalue weighted by Crippen LogP contribution is -2.12. The third-order valence-electron chi connectivity index (χ3n) is 2.49. The van der Waals surface area contributed by atoms with Gasteiger partial charge in [-0.3, -0.25) is 9.78 Å². The maximum absolute atomic E-state index is 11.2. The Hall–Kier alpha value is -1.59. The summed E-state index contributed by atoms with van der Waals surface area (Å²) in [7, 11) is 0. The summed E-state index contributed by atoms with van der Waals surface area (Å²) in [6.07, 6.45) is 3.49. The molecule has 1 aromatic heterocycles. The number of benzene rings is 1.